The summed E-state index contributed by atoms with van der Waals surface area (Å²) in [5, 5.41) is 1.27. The molecule has 0 fully saturated rings. The van der Waals surface area contributed by atoms with Crippen LogP contribution in [-0.4, -0.2) is 31.3 Å². The largest absolute Gasteiger partial charge is 0.495 e. The monoisotopic (exact) mass is 505 g/mol. The minimum absolute atomic E-state index is 0.0654. The van der Waals surface area contributed by atoms with Crippen molar-refractivity contribution in [3.8, 4) is 22.6 Å². The summed E-state index contributed by atoms with van der Waals surface area (Å²) in [7, 11) is -2.37. The van der Waals surface area contributed by atoms with Crippen molar-refractivity contribution in [3.05, 3.63) is 87.2 Å². The van der Waals surface area contributed by atoms with Gasteiger partial charge in [-0.15, -0.1) is 0 Å². The average molecular weight is 505 g/mol. The topological polar surface area (TPSA) is 110 Å². The number of rotatable bonds is 5. The van der Waals surface area contributed by atoms with E-state index in [-0.39, 0.29) is 11.3 Å². The Morgan fingerprint density at radius 1 is 0.971 bits per heavy atom. The van der Waals surface area contributed by atoms with Crippen molar-refractivity contribution in [2.24, 2.45) is 0 Å². The highest BCUT2D eigenvalue weighted by Crippen LogP contribution is 2.44. The van der Waals surface area contributed by atoms with Crippen molar-refractivity contribution in [3.63, 3.8) is 0 Å². The van der Waals surface area contributed by atoms with Gasteiger partial charge in [0.25, 0.3) is 5.56 Å². The summed E-state index contributed by atoms with van der Waals surface area (Å²) in [5.74, 6) is -0.437. The summed E-state index contributed by atoms with van der Waals surface area (Å²) in [6.45, 7) is 0. The number of alkyl halides is 3. The van der Waals surface area contributed by atoms with Gasteiger partial charge in [0, 0.05) is 23.5 Å². The highest BCUT2D eigenvalue weighted by atomic mass is 32.2. The predicted octanol–water partition coefficient (Wildman–Crippen LogP) is 3.74. The number of benzene rings is 3. The molecule has 3 aromatic carbocycles. The molecule has 0 spiro atoms. The van der Waals surface area contributed by atoms with Crippen LogP contribution >= 0.6 is 0 Å². The van der Waals surface area contributed by atoms with Crippen molar-refractivity contribution in [1.29, 1.82) is 0 Å². The summed E-state index contributed by atoms with van der Waals surface area (Å²) in [6, 6.07) is 12.7. The van der Waals surface area contributed by atoms with E-state index in [1.165, 1.54) is 12.1 Å². The third-order valence-corrected chi connectivity index (χ3v) is 5.75. The van der Waals surface area contributed by atoms with Gasteiger partial charge >= 0.3 is 11.9 Å². The first-order chi connectivity index (χ1) is 16.4. The van der Waals surface area contributed by atoms with Gasteiger partial charge in [-0.2, -0.15) is 13.2 Å². The van der Waals surface area contributed by atoms with Gasteiger partial charge in [-0.05, 0) is 46.7 Å². The lowest BCUT2D eigenvalue weighted by atomic mass is 9.97. The smallest absolute Gasteiger partial charge is 0.420 e. The third-order valence-electron chi connectivity index (χ3n) is 5.14. The number of aromatic nitrogens is 2. The summed E-state index contributed by atoms with van der Waals surface area (Å²) >= 11 is 0. The van der Waals surface area contributed by atoms with Gasteiger partial charge in [0.15, 0.2) is 0 Å². The maximum Gasteiger partial charge on any atom is 0.420 e. The minimum Gasteiger partial charge on any atom is -0.495 e. The maximum absolute atomic E-state index is 13.9. The zero-order valence-electron chi connectivity index (χ0n) is 18.3. The number of ether oxygens (including phenoxy) is 1. The first-order valence-corrected chi connectivity index (χ1v) is 11.9. The highest BCUT2D eigenvalue weighted by molar-refractivity contribution is 7.92. The van der Waals surface area contributed by atoms with Crippen LogP contribution in [0.5, 0.6) is 5.75 Å². The third kappa shape index (κ3) is 5.06. The molecule has 0 unspecified atom stereocenters. The fourth-order valence-corrected chi connectivity index (χ4v) is 4.26. The number of anilines is 1. The lowest BCUT2D eigenvalue weighted by molar-refractivity contribution is -0.138. The fourth-order valence-electron chi connectivity index (χ4n) is 3.71. The van der Waals surface area contributed by atoms with Crippen LogP contribution in [0.25, 0.3) is 27.6 Å². The van der Waals surface area contributed by atoms with Crippen molar-refractivity contribution >= 4 is 26.5 Å². The Kier molecular flexibility index (Phi) is 5.93. The molecule has 0 saturated heterocycles. The average Bonchev–Trinajstić information content (AvgIpc) is 2.76. The summed E-state index contributed by atoms with van der Waals surface area (Å²) in [5.41, 5.74) is -2.04. The Bertz CT molecular complexity index is 1670. The first kappa shape index (κ1) is 24.1. The molecule has 12 heteroatoms. The number of nitrogens with one attached hydrogen (secondary N) is 2. The highest BCUT2D eigenvalue weighted by Gasteiger charge is 2.36. The zero-order valence-corrected chi connectivity index (χ0v) is 19.1. The van der Waals surface area contributed by atoms with Gasteiger partial charge in [0.1, 0.15) is 11.3 Å². The van der Waals surface area contributed by atoms with Crippen LogP contribution in [0.4, 0.5) is 18.9 Å². The van der Waals surface area contributed by atoms with E-state index >= 15 is 0 Å². The van der Waals surface area contributed by atoms with Gasteiger partial charge in [-0.1, -0.05) is 18.2 Å². The molecule has 2 N–H and O–H groups in total. The van der Waals surface area contributed by atoms with Crippen molar-refractivity contribution < 1.29 is 26.3 Å². The molecule has 0 atom stereocenters. The molecule has 35 heavy (non-hydrogen) atoms. The van der Waals surface area contributed by atoms with Gasteiger partial charge < -0.3 is 4.74 Å². The van der Waals surface area contributed by atoms with E-state index in [1.807, 2.05) is 4.98 Å². The SMILES string of the molecule is COc1c(-c2ccc3cc(NS(C)(=O)=O)ccc3c2)cc(-n2ccc(=O)[nH]c2=O)cc1C(F)(F)F. The van der Waals surface area contributed by atoms with Crippen LogP contribution in [0.15, 0.2) is 70.4 Å². The van der Waals surface area contributed by atoms with E-state index in [1.54, 1.807) is 30.3 Å². The van der Waals surface area contributed by atoms with E-state index in [4.69, 9.17) is 4.74 Å². The number of hydrogen-bond acceptors (Lipinski definition) is 5. The number of fused-ring (bicyclic) bond motifs is 1. The minimum atomic E-state index is -4.80. The van der Waals surface area contributed by atoms with Gasteiger partial charge in [-0.3, -0.25) is 19.1 Å². The van der Waals surface area contributed by atoms with E-state index in [0.29, 0.717) is 22.0 Å². The lowest BCUT2D eigenvalue weighted by Crippen LogP contribution is -2.27. The Hall–Kier alpha value is -4.06. The number of sulfonamides is 1. The van der Waals surface area contributed by atoms with Crippen molar-refractivity contribution in [2.75, 3.05) is 18.1 Å². The molecule has 0 amide bonds. The van der Waals surface area contributed by atoms with Gasteiger partial charge in [0.2, 0.25) is 10.0 Å². The van der Waals surface area contributed by atoms with Crippen LogP contribution < -0.4 is 20.7 Å². The molecule has 1 aromatic heterocycles. The second-order valence-corrected chi connectivity index (χ2v) is 9.45. The van der Waals surface area contributed by atoms with E-state index in [9.17, 15) is 31.2 Å². The van der Waals surface area contributed by atoms with E-state index in [2.05, 4.69) is 4.72 Å². The van der Waals surface area contributed by atoms with Crippen LogP contribution in [-0.2, 0) is 16.2 Å². The summed E-state index contributed by atoms with van der Waals surface area (Å²) in [6.07, 6.45) is -2.69. The Morgan fingerprint density at radius 2 is 1.66 bits per heavy atom. The van der Waals surface area contributed by atoms with Crippen molar-refractivity contribution in [1.82, 2.24) is 9.55 Å². The first-order valence-electron chi connectivity index (χ1n) is 9.99. The standard InChI is InChI=1S/C23H18F3N3O5S/c1-34-21-18(15-4-3-14-10-16(28-35(2,32)33)6-5-13(14)9-15)11-17(12-19(21)23(24,25)26)29-8-7-20(30)27-22(29)31/h3-12,28H,1-2H3,(H,27,30,31). The van der Waals surface area contributed by atoms with Crippen LogP contribution in [0.3, 0.4) is 0 Å². The van der Waals surface area contributed by atoms with Crippen molar-refractivity contribution in [2.45, 2.75) is 6.18 Å². The number of aromatic amines is 1. The van der Waals surface area contributed by atoms with Gasteiger partial charge in [-0.25, -0.2) is 13.2 Å². The van der Waals surface area contributed by atoms with Crippen LogP contribution in [0.1, 0.15) is 5.56 Å². The quantitative estimate of drug-likeness (QED) is 0.429. The lowest BCUT2D eigenvalue weighted by Gasteiger charge is -2.19. The second-order valence-electron chi connectivity index (χ2n) is 7.70. The molecule has 4 aromatic rings. The molecule has 0 aliphatic heterocycles. The number of H-pyrrole nitrogens is 1. The van der Waals surface area contributed by atoms with E-state index in [0.717, 1.165) is 36.3 Å². The molecule has 0 aliphatic carbocycles. The molecule has 182 valence electrons. The number of methoxy groups -OCH3 is 1. The van der Waals surface area contributed by atoms with Crippen LogP contribution in [0, 0.1) is 0 Å². The van der Waals surface area contributed by atoms with Crippen LogP contribution in [0.2, 0.25) is 0 Å². The second kappa shape index (κ2) is 8.62. The number of nitrogens with zero attached hydrogens (tertiary/aromatic N) is 1. The molecule has 8 nitrogen and oxygen atoms in total. The molecule has 0 radical (unpaired) electrons. The Morgan fingerprint density at radius 3 is 2.29 bits per heavy atom. The predicted molar refractivity (Wildman–Crippen MR) is 126 cm³/mol. The normalized spacial score (nSPS) is 12.0. The fraction of sp³-hybridized carbons (Fsp3) is 0.130. The molecule has 0 aliphatic rings. The van der Waals surface area contributed by atoms with Gasteiger partial charge in [0.05, 0.1) is 19.1 Å². The number of halogens is 3. The van der Waals surface area contributed by atoms with E-state index < -0.39 is 38.8 Å². The molecule has 0 saturated carbocycles. The molecular formula is C23H18F3N3O5S. The summed E-state index contributed by atoms with van der Waals surface area (Å²) < 4.78 is 73.2. The molecule has 0 bridgehead atoms. The molecule has 4 rings (SSSR count). The summed E-state index contributed by atoms with van der Waals surface area (Å²) in [4.78, 5) is 25.7. The molecule has 1 heterocycles. The Balaban J connectivity index is 1.94. The Labute approximate surface area is 196 Å². The molecular weight excluding hydrogens is 487 g/mol. The maximum atomic E-state index is 13.9. The zero-order chi connectivity index (χ0) is 25.5. The number of hydrogen-bond donors (Lipinski definition) is 2.